The highest BCUT2D eigenvalue weighted by Gasteiger charge is 2.20. The molecule has 28 heavy (non-hydrogen) atoms. The highest BCUT2D eigenvalue weighted by Crippen LogP contribution is 2.34. The van der Waals surface area contributed by atoms with Gasteiger partial charge in [-0.15, -0.1) is 0 Å². The summed E-state index contributed by atoms with van der Waals surface area (Å²) in [6, 6.07) is 26.4. The molecule has 2 nitrogen and oxygen atoms in total. The molecule has 3 aromatic carbocycles. The maximum Gasteiger partial charge on any atom is 0.213 e. The molecule has 0 saturated heterocycles. The Morgan fingerprint density at radius 2 is 1.32 bits per heavy atom. The van der Waals surface area contributed by atoms with Crippen molar-refractivity contribution < 1.29 is 4.57 Å². The molecule has 1 aromatic heterocycles. The standard InChI is InChI=1S/C26H27N2/c1-4-19-28-24-13-9-7-11-22(24)26(23-12-8-10-14-25(23)28)20-15-17-21(18-16-20)27(5-2)6-3/h4,7-18H,1,5-6,19H2,2-3H3/q+1. The second kappa shape index (κ2) is 7.85. The smallest absolute Gasteiger partial charge is 0.213 e. The molecular formula is C26H27N2+. The molecule has 0 spiro atoms. The first-order valence-corrected chi connectivity index (χ1v) is 10.1. The maximum absolute atomic E-state index is 3.97. The van der Waals surface area contributed by atoms with Crippen molar-refractivity contribution in [3.05, 3.63) is 85.5 Å². The van der Waals surface area contributed by atoms with Gasteiger partial charge in [-0.3, -0.25) is 0 Å². The van der Waals surface area contributed by atoms with Crippen LogP contribution in [0, 0.1) is 0 Å². The number of allylic oxidation sites excluding steroid dienone is 1. The summed E-state index contributed by atoms with van der Waals surface area (Å²) in [6.07, 6.45) is 1.97. The number of rotatable bonds is 6. The van der Waals surface area contributed by atoms with E-state index in [1.165, 1.54) is 38.6 Å². The number of benzene rings is 3. The lowest BCUT2D eigenvalue weighted by Gasteiger charge is -2.21. The van der Waals surface area contributed by atoms with E-state index in [0.717, 1.165) is 19.6 Å². The highest BCUT2D eigenvalue weighted by molar-refractivity contribution is 6.07. The van der Waals surface area contributed by atoms with Gasteiger partial charge in [-0.05, 0) is 49.8 Å². The van der Waals surface area contributed by atoms with Gasteiger partial charge in [0.1, 0.15) is 0 Å². The molecule has 4 aromatic rings. The quantitative estimate of drug-likeness (QED) is 0.231. The second-order valence-corrected chi connectivity index (χ2v) is 7.03. The molecule has 0 saturated carbocycles. The van der Waals surface area contributed by atoms with Crippen molar-refractivity contribution in [1.29, 1.82) is 0 Å². The van der Waals surface area contributed by atoms with Crippen molar-refractivity contribution in [3.8, 4) is 11.1 Å². The third-order valence-electron chi connectivity index (χ3n) is 5.52. The molecule has 0 aliphatic carbocycles. The lowest BCUT2D eigenvalue weighted by molar-refractivity contribution is -0.634. The van der Waals surface area contributed by atoms with Gasteiger partial charge in [0.15, 0.2) is 6.54 Å². The van der Waals surface area contributed by atoms with Crippen molar-refractivity contribution in [2.75, 3.05) is 18.0 Å². The molecule has 1 heterocycles. The van der Waals surface area contributed by atoms with E-state index in [0.29, 0.717) is 0 Å². The van der Waals surface area contributed by atoms with Crippen LogP contribution < -0.4 is 9.47 Å². The number of nitrogens with zero attached hydrogens (tertiary/aromatic N) is 2. The van der Waals surface area contributed by atoms with Crippen LogP contribution in [0.1, 0.15) is 13.8 Å². The zero-order valence-electron chi connectivity index (χ0n) is 16.7. The maximum atomic E-state index is 3.97. The van der Waals surface area contributed by atoms with Gasteiger partial charge in [0.25, 0.3) is 0 Å². The minimum absolute atomic E-state index is 0.794. The summed E-state index contributed by atoms with van der Waals surface area (Å²) in [4.78, 5) is 2.38. The van der Waals surface area contributed by atoms with Crippen LogP contribution in [0.4, 0.5) is 5.69 Å². The van der Waals surface area contributed by atoms with Crippen LogP contribution in [-0.4, -0.2) is 13.1 Å². The lowest BCUT2D eigenvalue weighted by atomic mass is 9.95. The van der Waals surface area contributed by atoms with E-state index in [4.69, 9.17) is 0 Å². The fourth-order valence-electron chi connectivity index (χ4n) is 4.18. The molecule has 0 radical (unpaired) electrons. The van der Waals surface area contributed by atoms with Crippen molar-refractivity contribution in [3.63, 3.8) is 0 Å². The van der Waals surface area contributed by atoms with Gasteiger partial charge >= 0.3 is 0 Å². The summed E-state index contributed by atoms with van der Waals surface area (Å²) in [5, 5.41) is 2.55. The Morgan fingerprint density at radius 3 is 1.82 bits per heavy atom. The van der Waals surface area contributed by atoms with Crippen LogP contribution in [-0.2, 0) is 6.54 Å². The van der Waals surface area contributed by atoms with Crippen LogP contribution in [0.5, 0.6) is 0 Å². The number of pyridine rings is 1. The second-order valence-electron chi connectivity index (χ2n) is 7.03. The Hall–Kier alpha value is -3.13. The van der Waals surface area contributed by atoms with E-state index in [1.807, 2.05) is 6.08 Å². The van der Waals surface area contributed by atoms with Crippen molar-refractivity contribution >= 4 is 27.5 Å². The first-order chi connectivity index (χ1) is 13.8. The van der Waals surface area contributed by atoms with E-state index in [-0.39, 0.29) is 0 Å². The Morgan fingerprint density at radius 1 is 0.786 bits per heavy atom. The van der Waals surface area contributed by atoms with E-state index in [9.17, 15) is 0 Å². The largest absolute Gasteiger partial charge is 0.372 e. The minimum Gasteiger partial charge on any atom is -0.372 e. The summed E-state index contributed by atoms with van der Waals surface area (Å²) in [5.41, 5.74) is 6.32. The van der Waals surface area contributed by atoms with Gasteiger partial charge in [0.05, 0.1) is 10.8 Å². The average molecular weight is 368 g/mol. The van der Waals surface area contributed by atoms with E-state index >= 15 is 0 Å². The van der Waals surface area contributed by atoms with Gasteiger partial charge in [-0.1, -0.05) is 43.0 Å². The van der Waals surface area contributed by atoms with Crippen molar-refractivity contribution in [2.45, 2.75) is 20.4 Å². The molecule has 0 unspecified atom stereocenters. The molecule has 0 atom stereocenters. The minimum atomic E-state index is 0.794. The van der Waals surface area contributed by atoms with Crippen molar-refractivity contribution in [1.82, 2.24) is 0 Å². The normalized spacial score (nSPS) is 11.1. The first kappa shape index (κ1) is 18.2. The zero-order chi connectivity index (χ0) is 19.5. The molecule has 140 valence electrons. The van der Waals surface area contributed by atoms with Crippen molar-refractivity contribution in [2.24, 2.45) is 0 Å². The molecule has 0 aliphatic rings. The van der Waals surface area contributed by atoms with E-state index in [1.54, 1.807) is 0 Å². The summed E-state index contributed by atoms with van der Waals surface area (Å²) < 4.78 is 2.35. The molecule has 0 fully saturated rings. The van der Waals surface area contributed by atoms with Crippen LogP contribution in [0.25, 0.3) is 32.9 Å². The topological polar surface area (TPSA) is 7.12 Å². The number of hydrogen-bond acceptors (Lipinski definition) is 1. The predicted octanol–water partition coefficient (Wildman–Crippen LogP) is 5.98. The molecule has 4 rings (SSSR count). The monoisotopic (exact) mass is 367 g/mol. The highest BCUT2D eigenvalue weighted by atomic mass is 15.1. The van der Waals surface area contributed by atoms with Gasteiger partial charge in [0.2, 0.25) is 11.0 Å². The number of anilines is 1. The van der Waals surface area contributed by atoms with Crippen LogP contribution in [0.15, 0.2) is 85.5 Å². The summed E-state index contributed by atoms with van der Waals surface area (Å²) in [5.74, 6) is 0. The van der Waals surface area contributed by atoms with E-state index in [2.05, 4.69) is 103 Å². The Bertz CT molecular complexity index is 1070. The number of aromatic nitrogens is 1. The SMILES string of the molecule is C=CC[n+]1c2ccccc2c(-c2ccc(N(CC)CC)cc2)c2ccccc21. The Balaban J connectivity index is 2.01. The zero-order valence-corrected chi connectivity index (χ0v) is 16.7. The average Bonchev–Trinajstić information content (AvgIpc) is 2.75. The summed E-state index contributed by atoms with van der Waals surface area (Å²) >= 11 is 0. The molecule has 0 N–H and O–H groups in total. The van der Waals surface area contributed by atoms with Gasteiger partial charge in [-0.25, -0.2) is 0 Å². The van der Waals surface area contributed by atoms with Gasteiger partial charge < -0.3 is 4.90 Å². The lowest BCUT2D eigenvalue weighted by Crippen LogP contribution is -2.34. The molecule has 0 aliphatic heterocycles. The third kappa shape index (κ3) is 3.05. The fourth-order valence-corrected chi connectivity index (χ4v) is 4.18. The van der Waals surface area contributed by atoms with Gasteiger partial charge in [-0.2, -0.15) is 4.57 Å². The fraction of sp³-hybridized carbons (Fsp3) is 0.192. The predicted molar refractivity (Wildman–Crippen MR) is 121 cm³/mol. The Kier molecular flexibility index (Phi) is 5.12. The van der Waals surface area contributed by atoms with E-state index < -0.39 is 0 Å². The summed E-state index contributed by atoms with van der Waals surface area (Å²) in [6.45, 7) is 11.2. The first-order valence-electron chi connectivity index (χ1n) is 10.1. The number of fused-ring (bicyclic) bond motifs is 2. The number of para-hydroxylation sites is 2. The van der Waals surface area contributed by atoms with Crippen LogP contribution in [0.3, 0.4) is 0 Å². The van der Waals surface area contributed by atoms with Gasteiger partial charge in [0, 0.05) is 36.5 Å². The molecule has 0 amide bonds. The third-order valence-corrected chi connectivity index (χ3v) is 5.52. The van der Waals surface area contributed by atoms with Crippen LogP contribution >= 0.6 is 0 Å². The van der Waals surface area contributed by atoms with Crippen LogP contribution in [0.2, 0.25) is 0 Å². The molecule has 2 heteroatoms. The Labute approximate surface area is 167 Å². The summed E-state index contributed by atoms with van der Waals surface area (Å²) in [7, 11) is 0. The number of hydrogen-bond donors (Lipinski definition) is 0. The molecule has 0 bridgehead atoms. The molecular weight excluding hydrogens is 340 g/mol.